The van der Waals surface area contributed by atoms with Gasteiger partial charge in [0.1, 0.15) is 10.6 Å². The second kappa shape index (κ2) is 11.2. The molecule has 4 aromatic rings. The Morgan fingerprint density at radius 3 is 2.76 bits per heavy atom. The normalized spacial score (nSPS) is 12.8. The molecule has 2 aromatic heterocycles. The molecule has 0 radical (unpaired) electrons. The highest BCUT2D eigenvalue weighted by Crippen LogP contribution is 2.36. The molecule has 1 aliphatic heterocycles. The van der Waals surface area contributed by atoms with Crippen LogP contribution in [-0.4, -0.2) is 39.9 Å². The van der Waals surface area contributed by atoms with E-state index in [1.807, 2.05) is 52.3 Å². The molecule has 0 bridgehead atoms. The molecule has 38 heavy (non-hydrogen) atoms. The van der Waals surface area contributed by atoms with Crippen LogP contribution in [0.5, 0.6) is 5.75 Å². The molecule has 1 N–H and O–H groups in total. The Hall–Kier alpha value is -3.91. The van der Waals surface area contributed by atoms with E-state index in [1.54, 1.807) is 6.07 Å². The maximum atomic E-state index is 13.2. The van der Waals surface area contributed by atoms with E-state index in [2.05, 4.69) is 31.1 Å². The standard InChI is InChI=1S/C30H31N3O4S/c1-20-7-3-11-27(21(20)2)37-16-6-12-29(34)33-15-5-9-25-24(8-4-10-26(25)33)22-17-31-32(18-22)19-23-13-14-28(38-23)30(35)36/h3-4,7-8,10-11,13-14,17-18H,5-6,9,12,15-16,19H2,1-2H3,(H,35,36). The number of thiophene rings is 1. The fourth-order valence-corrected chi connectivity index (χ4v) is 5.74. The lowest BCUT2D eigenvalue weighted by Gasteiger charge is -2.31. The molecule has 2 aromatic carbocycles. The minimum Gasteiger partial charge on any atom is -0.493 e. The van der Waals surface area contributed by atoms with Gasteiger partial charge in [-0.15, -0.1) is 11.3 Å². The van der Waals surface area contributed by atoms with Gasteiger partial charge in [0.2, 0.25) is 5.91 Å². The summed E-state index contributed by atoms with van der Waals surface area (Å²) in [6.45, 7) is 5.87. The number of hydrogen-bond donors (Lipinski definition) is 1. The first-order valence-corrected chi connectivity index (χ1v) is 13.7. The maximum absolute atomic E-state index is 13.2. The van der Waals surface area contributed by atoms with Gasteiger partial charge in [-0.25, -0.2) is 4.79 Å². The number of aromatic nitrogens is 2. The third-order valence-electron chi connectivity index (χ3n) is 7.03. The number of aryl methyl sites for hydroxylation is 1. The van der Waals surface area contributed by atoms with Crippen LogP contribution < -0.4 is 9.64 Å². The van der Waals surface area contributed by atoms with Crippen LogP contribution in [0.25, 0.3) is 11.1 Å². The van der Waals surface area contributed by atoms with Gasteiger partial charge in [-0.1, -0.05) is 24.3 Å². The number of fused-ring (bicyclic) bond motifs is 1. The SMILES string of the molecule is Cc1cccc(OCCCC(=O)N2CCCc3c(-c4cnn(Cc5ccc(C(=O)O)s5)c4)cccc32)c1C. The fourth-order valence-electron chi connectivity index (χ4n) is 4.90. The van der Waals surface area contributed by atoms with E-state index in [1.165, 1.54) is 22.5 Å². The molecule has 3 heterocycles. The van der Waals surface area contributed by atoms with E-state index in [-0.39, 0.29) is 5.91 Å². The number of carboxylic acids is 1. The van der Waals surface area contributed by atoms with Gasteiger partial charge in [0, 0.05) is 35.3 Å². The summed E-state index contributed by atoms with van der Waals surface area (Å²) in [5, 5.41) is 13.7. The second-order valence-electron chi connectivity index (χ2n) is 9.60. The van der Waals surface area contributed by atoms with E-state index in [0.717, 1.165) is 52.4 Å². The van der Waals surface area contributed by atoms with Crippen LogP contribution in [0.1, 0.15) is 50.5 Å². The van der Waals surface area contributed by atoms with Crippen molar-refractivity contribution >= 4 is 28.9 Å². The van der Waals surface area contributed by atoms with Crippen molar-refractivity contribution in [2.24, 2.45) is 0 Å². The molecule has 1 aliphatic rings. The van der Waals surface area contributed by atoms with Crippen molar-refractivity contribution in [2.45, 2.75) is 46.1 Å². The van der Waals surface area contributed by atoms with Gasteiger partial charge in [0.15, 0.2) is 0 Å². The molecule has 0 fully saturated rings. The van der Waals surface area contributed by atoms with Crippen molar-refractivity contribution in [1.29, 1.82) is 0 Å². The Morgan fingerprint density at radius 2 is 1.95 bits per heavy atom. The molecule has 0 saturated carbocycles. The first-order chi connectivity index (χ1) is 18.4. The lowest BCUT2D eigenvalue weighted by molar-refractivity contribution is -0.118. The Bertz CT molecular complexity index is 1470. The summed E-state index contributed by atoms with van der Waals surface area (Å²) in [5.41, 5.74) is 6.56. The monoisotopic (exact) mass is 529 g/mol. The minimum atomic E-state index is -0.911. The van der Waals surface area contributed by atoms with Crippen LogP contribution in [0.15, 0.2) is 60.9 Å². The maximum Gasteiger partial charge on any atom is 0.345 e. The van der Waals surface area contributed by atoms with E-state index in [4.69, 9.17) is 4.74 Å². The molecule has 0 unspecified atom stereocenters. The number of nitrogens with zero attached hydrogens (tertiary/aromatic N) is 3. The molecular weight excluding hydrogens is 498 g/mol. The van der Waals surface area contributed by atoms with Crippen molar-refractivity contribution < 1.29 is 19.4 Å². The summed E-state index contributed by atoms with van der Waals surface area (Å²) in [4.78, 5) is 27.6. The van der Waals surface area contributed by atoms with Crippen molar-refractivity contribution in [3.8, 4) is 16.9 Å². The quantitative estimate of drug-likeness (QED) is 0.264. The molecule has 7 nitrogen and oxygen atoms in total. The number of benzene rings is 2. The summed E-state index contributed by atoms with van der Waals surface area (Å²) in [6.07, 6.45) is 6.75. The zero-order valence-electron chi connectivity index (χ0n) is 21.6. The summed E-state index contributed by atoms with van der Waals surface area (Å²) in [7, 11) is 0. The number of carbonyl (C=O) groups excluding carboxylic acids is 1. The molecule has 0 aliphatic carbocycles. The lowest BCUT2D eigenvalue weighted by Crippen LogP contribution is -2.35. The molecule has 5 rings (SSSR count). The van der Waals surface area contributed by atoms with Crippen LogP contribution >= 0.6 is 11.3 Å². The average molecular weight is 530 g/mol. The predicted octanol–water partition coefficient (Wildman–Crippen LogP) is 6.11. The lowest BCUT2D eigenvalue weighted by atomic mass is 9.93. The molecule has 0 saturated heterocycles. The van der Waals surface area contributed by atoms with Crippen molar-refractivity contribution in [2.75, 3.05) is 18.1 Å². The minimum absolute atomic E-state index is 0.121. The molecule has 196 valence electrons. The van der Waals surface area contributed by atoms with Crippen molar-refractivity contribution in [3.05, 3.63) is 87.4 Å². The van der Waals surface area contributed by atoms with Crippen LogP contribution in [0, 0.1) is 13.8 Å². The highest BCUT2D eigenvalue weighted by atomic mass is 32.1. The average Bonchev–Trinajstić information content (AvgIpc) is 3.58. The first kappa shape index (κ1) is 25.7. The van der Waals surface area contributed by atoms with Crippen LogP contribution in [0.3, 0.4) is 0 Å². The summed E-state index contributed by atoms with van der Waals surface area (Å²) < 4.78 is 7.78. The summed E-state index contributed by atoms with van der Waals surface area (Å²) >= 11 is 1.26. The van der Waals surface area contributed by atoms with Gasteiger partial charge in [-0.05, 0) is 79.6 Å². The zero-order chi connectivity index (χ0) is 26.6. The van der Waals surface area contributed by atoms with E-state index in [0.29, 0.717) is 30.9 Å². The van der Waals surface area contributed by atoms with E-state index < -0.39 is 5.97 Å². The van der Waals surface area contributed by atoms with E-state index >= 15 is 0 Å². The molecule has 1 amide bonds. The number of anilines is 1. The summed E-state index contributed by atoms with van der Waals surface area (Å²) in [6, 6.07) is 15.6. The largest absolute Gasteiger partial charge is 0.493 e. The highest BCUT2D eigenvalue weighted by molar-refractivity contribution is 7.13. The Morgan fingerprint density at radius 1 is 1.11 bits per heavy atom. The third kappa shape index (κ3) is 5.50. The van der Waals surface area contributed by atoms with Crippen LogP contribution in [0.4, 0.5) is 5.69 Å². The smallest absolute Gasteiger partial charge is 0.345 e. The molecule has 0 atom stereocenters. The topological polar surface area (TPSA) is 84.7 Å². The summed E-state index contributed by atoms with van der Waals surface area (Å²) in [5.74, 6) is 0.0916. The third-order valence-corrected chi connectivity index (χ3v) is 8.09. The number of ether oxygens (including phenoxy) is 1. The number of carboxylic acid groups (broad SMARTS) is 1. The molecule has 0 spiro atoms. The Labute approximate surface area is 226 Å². The molecule has 8 heteroatoms. The van der Waals surface area contributed by atoms with E-state index in [9.17, 15) is 14.7 Å². The Kier molecular flexibility index (Phi) is 7.60. The zero-order valence-corrected chi connectivity index (χ0v) is 22.5. The van der Waals surface area contributed by atoms with Gasteiger partial charge < -0.3 is 14.7 Å². The first-order valence-electron chi connectivity index (χ1n) is 12.9. The second-order valence-corrected chi connectivity index (χ2v) is 10.8. The van der Waals surface area contributed by atoms with Gasteiger partial charge in [0.25, 0.3) is 0 Å². The number of amides is 1. The van der Waals surface area contributed by atoms with Gasteiger partial charge in [-0.2, -0.15) is 5.10 Å². The fraction of sp³-hybridized carbons (Fsp3) is 0.300. The number of aromatic carboxylic acids is 1. The number of carbonyl (C=O) groups is 2. The molecular formula is C30H31N3O4S. The van der Waals surface area contributed by atoms with Crippen molar-refractivity contribution in [1.82, 2.24) is 9.78 Å². The van der Waals surface area contributed by atoms with Crippen LogP contribution in [0.2, 0.25) is 0 Å². The van der Waals surface area contributed by atoms with Gasteiger partial charge in [0.05, 0.1) is 19.3 Å². The van der Waals surface area contributed by atoms with Gasteiger partial charge in [-0.3, -0.25) is 9.48 Å². The number of hydrogen-bond acceptors (Lipinski definition) is 5. The highest BCUT2D eigenvalue weighted by Gasteiger charge is 2.24. The number of rotatable bonds is 9. The van der Waals surface area contributed by atoms with Gasteiger partial charge >= 0.3 is 5.97 Å². The predicted molar refractivity (Wildman–Crippen MR) is 149 cm³/mol. The van der Waals surface area contributed by atoms with Crippen molar-refractivity contribution in [3.63, 3.8) is 0 Å². The van der Waals surface area contributed by atoms with Crippen LogP contribution in [-0.2, 0) is 17.8 Å². The Balaban J connectivity index is 1.25.